The molecule has 1 unspecified atom stereocenters. The topological polar surface area (TPSA) is 188 Å². The molecule has 3 saturated carbocycles. The molecule has 5 amide bonds. The molecule has 5 rings (SSSR count). The van der Waals surface area contributed by atoms with Crippen molar-refractivity contribution in [2.24, 2.45) is 40.2 Å². The number of primary amides is 1. The van der Waals surface area contributed by atoms with Gasteiger partial charge in [-0.1, -0.05) is 66.7 Å². The highest BCUT2D eigenvalue weighted by atomic mass is 32.2. The van der Waals surface area contributed by atoms with Crippen molar-refractivity contribution >= 4 is 39.6 Å². The van der Waals surface area contributed by atoms with Gasteiger partial charge in [0.15, 0.2) is 0 Å². The molecule has 0 aromatic rings. The minimum absolute atomic E-state index is 0.0718. The molecule has 0 radical (unpaired) electrons. The molecule has 0 bridgehead atoms. The first-order valence-corrected chi connectivity index (χ1v) is 19.5. The van der Waals surface area contributed by atoms with Gasteiger partial charge in [0.05, 0.1) is 11.8 Å². The standard InChI is InChI=1S/C34H56N6O7S/c1-33(2,3)28(38-32(45)37-24(21-11-7-6-8-12-21)19-39-15-9-10-16-48(39,46)47)31(44)40-18-22-25(34(22,4)5)26(40)30(43)36-23(17-20-13-14-20)27(41)29(35)42/h20-26,28H,6-19H2,1-5H3,(H2,35,42)(H,36,43)(H2,37,38,45)/t22-,23?,24+,25-,26-,28+/m0/s1. The molecule has 48 heavy (non-hydrogen) atoms. The summed E-state index contributed by atoms with van der Waals surface area (Å²) in [5, 5.41) is 8.77. The highest BCUT2D eigenvalue weighted by molar-refractivity contribution is 7.89. The quantitative estimate of drug-likeness (QED) is 0.225. The number of hydrogen-bond donors (Lipinski definition) is 4. The van der Waals surface area contributed by atoms with Gasteiger partial charge in [-0.3, -0.25) is 19.2 Å². The van der Waals surface area contributed by atoms with E-state index >= 15 is 0 Å². The summed E-state index contributed by atoms with van der Waals surface area (Å²) in [6.07, 6.45) is 8.51. The van der Waals surface area contributed by atoms with E-state index in [0.29, 0.717) is 25.9 Å². The number of piperidine rings is 1. The predicted molar refractivity (Wildman–Crippen MR) is 180 cm³/mol. The minimum atomic E-state index is -3.40. The zero-order valence-corrected chi connectivity index (χ0v) is 30.1. The van der Waals surface area contributed by atoms with E-state index in [4.69, 9.17) is 5.73 Å². The summed E-state index contributed by atoms with van der Waals surface area (Å²) in [6.45, 7) is 10.6. The first kappa shape index (κ1) is 36.5. The third-order valence-electron chi connectivity index (χ3n) is 11.7. The number of fused-ring (bicyclic) bond motifs is 1. The summed E-state index contributed by atoms with van der Waals surface area (Å²) in [6, 6.07) is -3.85. The van der Waals surface area contributed by atoms with E-state index in [1.165, 1.54) is 9.21 Å². The van der Waals surface area contributed by atoms with Gasteiger partial charge in [-0.2, -0.15) is 4.31 Å². The molecule has 3 aliphatic carbocycles. The van der Waals surface area contributed by atoms with Crippen LogP contribution in [0.25, 0.3) is 0 Å². The van der Waals surface area contributed by atoms with Crippen molar-refractivity contribution in [3.05, 3.63) is 0 Å². The number of carbonyl (C=O) groups excluding carboxylic acids is 5. The fraction of sp³-hybridized carbons (Fsp3) is 0.853. The van der Waals surface area contributed by atoms with E-state index in [-0.39, 0.29) is 41.4 Å². The second-order valence-corrected chi connectivity index (χ2v) is 18.7. The Kier molecular flexibility index (Phi) is 10.6. The van der Waals surface area contributed by atoms with Crippen LogP contribution in [0.5, 0.6) is 0 Å². The van der Waals surface area contributed by atoms with Crippen LogP contribution in [0.2, 0.25) is 0 Å². The van der Waals surface area contributed by atoms with E-state index in [1.807, 2.05) is 20.8 Å². The molecule has 0 aromatic heterocycles. The Bertz CT molecular complexity index is 1380. The van der Waals surface area contributed by atoms with Crippen molar-refractivity contribution < 1.29 is 32.4 Å². The monoisotopic (exact) mass is 692 g/mol. The SMILES string of the molecule is CC(C)(C)[C@H](NC(=O)N[C@H](CN1CCCCS1(=O)=O)C1CCCCC1)C(=O)N1C[C@H]2[C@@H]([C@H]1C(=O)NC(CC1CC1)C(=O)C(N)=O)C2(C)C. The van der Waals surface area contributed by atoms with Crippen LogP contribution in [0.15, 0.2) is 0 Å². The molecular formula is C34H56N6O7S. The largest absolute Gasteiger partial charge is 0.363 e. The maximum absolute atomic E-state index is 14.4. The lowest BCUT2D eigenvalue weighted by atomic mass is 9.83. The van der Waals surface area contributed by atoms with Gasteiger partial charge in [0.1, 0.15) is 12.1 Å². The van der Waals surface area contributed by atoms with Crippen molar-refractivity contribution in [1.82, 2.24) is 25.2 Å². The number of nitrogens with two attached hydrogens (primary N) is 1. The average Bonchev–Trinajstić information content (AvgIpc) is 3.86. The van der Waals surface area contributed by atoms with Crippen LogP contribution >= 0.6 is 0 Å². The highest BCUT2D eigenvalue weighted by Gasteiger charge is 2.70. The fourth-order valence-electron chi connectivity index (χ4n) is 8.43. The lowest BCUT2D eigenvalue weighted by Crippen LogP contribution is -2.62. The molecule has 2 saturated heterocycles. The molecule has 0 spiro atoms. The van der Waals surface area contributed by atoms with Crippen LogP contribution in [-0.2, 0) is 29.2 Å². The molecule has 0 aromatic carbocycles. The summed E-state index contributed by atoms with van der Waals surface area (Å²) in [7, 11) is -3.40. The number of hydrogen-bond acceptors (Lipinski definition) is 7. The lowest BCUT2D eigenvalue weighted by molar-refractivity contribution is -0.145. The number of ketones is 1. The van der Waals surface area contributed by atoms with E-state index in [0.717, 1.165) is 51.4 Å². The molecular weight excluding hydrogens is 636 g/mol. The third-order valence-corrected chi connectivity index (χ3v) is 13.6. The Hall–Kier alpha value is -2.74. The van der Waals surface area contributed by atoms with Gasteiger partial charge >= 0.3 is 6.03 Å². The maximum Gasteiger partial charge on any atom is 0.315 e. The van der Waals surface area contributed by atoms with E-state index in [2.05, 4.69) is 29.8 Å². The van der Waals surface area contributed by atoms with Crippen molar-refractivity contribution in [2.45, 2.75) is 123 Å². The molecule has 5 N–H and O–H groups in total. The summed E-state index contributed by atoms with van der Waals surface area (Å²) < 4.78 is 27.2. The van der Waals surface area contributed by atoms with Gasteiger partial charge < -0.3 is 26.6 Å². The lowest BCUT2D eigenvalue weighted by Gasteiger charge is -2.39. The van der Waals surface area contributed by atoms with Crippen LogP contribution in [0.1, 0.15) is 98.8 Å². The zero-order valence-electron chi connectivity index (χ0n) is 29.3. The van der Waals surface area contributed by atoms with E-state index in [9.17, 15) is 32.4 Å². The summed E-state index contributed by atoms with van der Waals surface area (Å²) in [4.78, 5) is 68.0. The molecule has 5 fully saturated rings. The molecule has 13 nitrogen and oxygen atoms in total. The Labute approximate surface area is 285 Å². The van der Waals surface area contributed by atoms with Crippen molar-refractivity contribution in [2.75, 3.05) is 25.4 Å². The van der Waals surface area contributed by atoms with E-state index < -0.39 is 69.1 Å². The van der Waals surface area contributed by atoms with E-state index in [1.54, 1.807) is 0 Å². The maximum atomic E-state index is 14.4. The second kappa shape index (κ2) is 13.9. The van der Waals surface area contributed by atoms with Gasteiger partial charge in [-0.25, -0.2) is 13.2 Å². The number of amides is 5. The first-order chi connectivity index (χ1) is 22.4. The molecule has 14 heteroatoms. The van der Waals surface area contributed by atoms with Crippen LogP contribution < -0.4 is 21.7 Å². The number of likely N-dealkylation sites (tertiary alicyclic amines) is 1. The van der Waals surface area contributed by atoms with Gasteiger partial charge in [0, 0.05) is 25.7 Å². The van der Waals surface area contributed by atoms with Crippen LogP contribution in [0.4, 0.5) is 4.79 Å². The average molecular weight is 693 g/mol. The van der Waals surface area contributed by atoms with Crippen LogP contribution in [-0.4, -0.2) is 96.7 Å². The minimum Gasteiger partial charge on any atom is -0.363 e. The van der Waals surface area contributed by atoms with Gasteiger partial charge in [-0.05, 0) is 66.6 Å². The smallest absolute Gasteiger partial charge is 0.315 e. The zero-order chi connectivity index (χ0) is 35.2. The Morgan fingerprint density at radius 2 is 1.58 bits per heavy atom. The number of rotatable bonds is 12. The molecule has 5 aliphatic rings. The number of sulfonamides is 1. The number of nitrogens with zero attached hydrogens (tertiary/aromatic N) is 2. The molecule has 2 aliphatic heterocycles. The highest BCUT2D eigenvalue weighted by Crippen LogP contribution is 2.65. The third kappa shape index (κ3) is 8.00. The van der Waals surface area contributed by atoms with Crippen LogP contribution in [0, 0.1) is 34.5 Å². The van der Waals surface area contributed by atoms with Crippen molar-refractivity contribution in [3.8, 4) is 0 Å². The molecule has 2 heterocycles. The van der Waals surface area contributed by atoms with Crippen LogP contribution in [0.3, 0.4) is 0 Å². The normalized spacial score (nSPS) is 28.8. The van der Waals surface area contributed by atoms with Gasteiger partial charge in [0.25, 0.3) is 5.91 Å². The summed E-state index contributed by atoms with van der Waals surface area (Å²) in [5.74, 6) is -2.41. The first-order valence-electron chi connectivity index (χ1n) is 17.9. The summed E-state index contributed by atoms with van der Waals surface area (Å²) >= 11 is 0. The van der Waals surface area contributed by atoms with Crippen molar-refractivity contribution in [3.63, 3.8) is 0 Å². The number of Topliss-reactive ketones (excluding diaryl/α,β-unsaturated/α-hetero) is 1. The van der Waals surface area contributed by atoms with Gasteiger partial charge in [0.2, 0.25) is 27.6 Å². The second-order valence-electron chi connectivity index (χ2n) is 16.7. The van der Waals surface area contributed by atoms with Crippen molar-refractivity contribution in [1.29, 1.82) is 0 Å². The summed E-state index contributed by atoms with van der Waals surface area (Å²) in [5.41, 5.74) is 4.39. The number of carbonyl (C=O) groups is 5. The number of nitrogens with one attached hydrogen (secondary N) is 3. The predicted octanol–water partition coefficient (Wildman–Crippen LogP) is 1.90. The molecule has 270 valence electrons. The van der Waals surface area contributed by atoms with Gasteiger partial charge in [-0.15, -0.1) is 0 Å². The molecule has 6 atom stereocenters. The Morgan fingerprint density at radius 1 is 0.917 bits per heavy atom. The number of urea groups is 1. The Balaban J connectivity index is 1.32. The fourth-order valence-corrected chi connectivity index (χ4v) is 10.1. The Morgan fingerprint density at radius 3 is 2.17 bits per heavy atom.